The molecular weight excluding hydrogens is 400 g/mol. The van der Waals surface area contributed by atoms with Crippen molar-refractivity contribution in [1.82, 2.24) is 0 Å². The van der Waals surface area contributed by atoms with Crippen molar-refractivity contribution in [2.45, 2.75) is 89.6 Å². The standard InChI is InChI=1S/C24H42O7/c1-9-17(26-5)16(4)22-23(30-22)20(25)14(2)11-10-12-15(3)21-18(27-6)13-19(28-7)24(29-8)31-21/h10-12,14,16-25H,9,13H2,1-8H3/b11-10+,15-12+/t14-,16+,17-,18-,19+,20+,21-,22-,23-,24+/m0/s1. The molecule has 0 amide bonds. The second-order valence-corrected chi connectivity index (χ2v) is 8.70. The highest BCUT2D eigenvalue weighted by Crippen LogP contribution is 2.37. The van der Waals surface area contributed by atoms with Gasteiger partial charge in [0.2, 0.25) is 0 Å². The minimum absolute atomic E-state index is 0.0380. The minimum Gasteiger partial charge on any atom is -0.390 e. The van der Waals surface area contributed by atoms with Gasteiger partial charge in [-0.2, -0.15) is 0 Å². The van der Waals surface area contributed by atoms with E-state index in [9.17, 15) is 5.11 Å². The first kappa shape index (κ1) is 26.5. The van der Waals surface area contributed by atoms with E-state index in [1.807, 2.05) is 32.1 Å². The van der Waals surface area contributed by atoms with Crippen LogP contribution >= 0.6 is 0 Å². The number of rotatable bonds is 12. The van der Waals surface area contributed by atoms with Gasteiger partial charge in [-0.15, -0.1) is 0 Å². The molecule has 1 N–H and O–H groups in total. The molecule has 2 rings (SSSR count). The number of aliphatic hydroxyl groups excluding tert-OH is 1. The normalized spacial score (nSPS) is 35.7. The highest BCUT2D eigenvalue weighted by atomic mass is 16.7. The fourth-order valence-electron chi connectivity index (χ4n) is 4.51. The van der Waals surface area contributed by atoms with Gasteiger partial charge in [0.25, 0.3) is 0 Å². The first-order valence-corrected chi connectivity index (χ1v) is 11.3. The summed E-state index contributed by atoms with van der Waals surface area (Å²) in [7, 11) is 6.68. The zero-order valence-electron chi connectivity index (χ0n) is 20.3. The lowest BCUT2D eigenvalue weighted by atomic mass is 9.91. The van der Waals surface area contributed by atoms with Crippen molar-refractivity contribution in [3.8, 4) is 0 Å². The van der Waals surface area contributed by atoms with Crippen LogP contribution < -0.4 is 0 Å². The Hall–Kier alpha value is -0.800. The van der Waals surface area contributed by atoms with Gasteiger partial charge in [-0.25, -0.2) is 0 Å². The zero-order chi connectivity index (χ0) is 23.1. The summed E-state index contributed by atoms with van der Waals surface area (Å²) < 4.78 is 33.9. The molecule has 7 heteroatoms. The van der Waals surface area contributed by atoms with Crippen LogP contribution in [0.15, 0.2) is 23.8 Å². The third-order valence-corrected chi connectivity index (χ3v) is 6.69. The fourth-order valence-corrected chi connectivity index (χ4v) is 4.51. The highest BCUT2D eigenvalue weighted by molar-refractivity contribution is 5.18. The third kappa shape index (κ3) is 6.60. The van der Waals surface area contributed by atoms with Gasteiger partial charge in [0.05, 0.1) is 24.4 Å². The molecule has 0 spiro atoms. The van der Waals surface area contributed by atoms with Crippen molar-refractivity contribution < 1.29 is 33.5 Å². The molecule has 0 radical (unpaired) electrons. The van der Waals surface area contributed by atoms with Gasteiger partial charge >= 0.3 is 0 Å². The topological polar surface area (TPSA) is 78.9 Å². The van der Waals surface area contributed by atoms with Crippen molar-refractivity contribution in [3.63, 3.8) is 0 Å². The van der Waals surface area contributed by atoms with E-state index < -0.39 is 12.4 Å². The van der Waals surface area contributed by atoms with Crippen molar-refractivity contribution in [3.05, 3.63) is 23.8 Å². The van der Waals surface area contributed by atoms with Gasteiger partial charge in [0.15, 0.2) is 6.29 Å². The van der Waals surface area contributed by atoms with Crippen LogP contribution in [0.3, 0.4) is 0 Å². The van der Waals surface area contributed by atoms with E-state index >= 15 is 0 Å². The lowest BCUT2D eigenvalue weighted by Crippen LogP contribution is -2.49. The summed E-state index contributed by atoms with van der Waals surface area (Å²) in [4.78, 5) is 0. The Kier molecular flexibility index (Phi) is 10.6. The monoisotopic (exact) mass is 442 g/mol. The molecule has 0 unspecified atom stereocenters. The van der Waals surface area contributed by atoms with Gasteiger partial charge in [0.1, 0.15) is 18.3 Å². The molecule has 0 aliphatic carbocycles. The van der Waals surface area contributed by atoms with E-state index in [1.165, 1.54) is 0 Å². The van der Waals surface area contributed by atoms with E-state index in [0.717, 1.165) is 12.0 Å². The molecular formula is C24H42O7. The summed E-state index contributed by atoms with van der Waals surface area (Å²) in [6.45, 7) is 8.24. The van der Waals surface area contributed by atoms with Crippen LogP contribution in [0.5, 0.6) is 0 Å². The summed E-state index contributed by atoms with van der Waals surface area (Å²) in [5.74, 6) is 0.219. The summed E-state index contributed by atoms with van der Waals surface area (Å²) in [6.07, 6.45) is 6.18. The van der Waals surface area contributed by atoms with E-state index in [4.69, 9.17) is 28.4 Å². The molecule has 0 bridgehead atoms. The first-order chi connectivity index (χ1) is 14.8. The molecule has 2 saturated heterocycles. The van der Waals surface area contributed by atoms with E-state index in [1.54, 1.807) is 28.4 Å². The minimum atomic E-state index is -0.551. The van der Waals surface area contributed by atoms with Gasteiger partial charge in [0, 0.05) is 46.7 Å². The molecule has 31 heavy (non-hydrogen) atoms. The number of methoxy groups -OCH3 is 4. The van der Waals surface area contributed by atoms with Crippen LogP contribution in [0.4, 0.5) is 0 Å². The number of aliphatic hydroxyl groups is 1. The Labute approximate surface area is 187 Å². The van der Waals surface area contributed by atoms with Gasteiger partial charge in [-0.3, -0.25) is 0 Å². The van der Waals surface area contributed by atoms with Crippen LogP contribution in [0.25, 0.3) is 0 Å². The van der Waals surface area contributed by atoms with Crippen molar-refractivity contribution in [2.24, 2.45) is 11.8 Å². The van der Waals surface area contributed by atoms with E-state index in [0.29, 0.717) is 6.42 Å². The highest BCUT2D eigenvalue weighted by Gasteiger charge is 2.50. The van der Waals surface area contributed by atoms with E-state index in [2.05, 4.69) is 13.8 Å². The van der Waals surface area contributed by atoms with Gasteiger partial charge in [-0.1, -0.05) is 39.0 Å². The zero-order valence-corrected chi connectivity index (χ0v) is 20.3. The van der Waals surface area contributed by atoms with Crippen LogP contribution in [-0.4, -0.2) is 82.6 Å². The van der Waals surface area contributed by atoms with Gasteiger partial charge < -0.3 is 33.5 Å². The van der Waals surface area contributed by atoms with Gasteiger partial charge in [-0.05, 0) is 18.9 Å². The van der Waals surface area contributed by atoms with Crippen LogP contribution in [0.1, 0.15) is 40.5 Å². The fraction of sp³-hybridized carbons (Fsp3) is 0.833. The maximum absolute atomic E-state index is 10.7. The molecule has 0 aromatic heterocycles. The second-order valence-electron chi connectivity index (χ2n) is 8.70. The molecule has 180 valence electrons. The second kappa shape index (κ2) is 12.4. The number of ether oxygens (including phenoxy) is 6. The third-order valence-electron chi connectivity index (χ3n) is 6.69. The average molecular weight is 443 g/mol. The van der Waals surface area contributed by atoms with Crippen molar-refractivity contribution in [2.75, 3.05) is 28.4 Å². The smallest absolute Gasteiger partial charge is 0.184 e. The Morgan fingerprint density at radius 2 is 1.71 bits per heavy atom. The molecule has 0 aromatic carbocycles. The molecule has 2 aliphatic heterocycles. The Morgan fingerprint density at radius 3 is 2.26 bits per heavy atom. The molecule has 0 saturated carbocycles. The van der Waals surface area contributed by atoms with E-state index in [-0.39, 0.29) is 48.5 Å². The van der Waals surface area contributed by atoms with Crippen LogP contribution in [-0.2, 0) is 28.4 Å². The first-order valence-electron chi connectivity index (χ1n) is 11.3. The Bertz CT molecular complexity index is 588. The summed E-state index contributed by atoms with van der Waals surface area (Å²) >= 11 is 0. The lowest BCUT2D eigenvalue weighted by molar-refractivity contribution is -0.256. The quantitative estimate of drug-likeness (QED) is 0.367. The maximum Gasteiger partial charge on any atom is 0.184 e. The predicted molar refractivity (Wildman–Crippen MR) is 119 cm³/mol. The number of epoxide rings is 1. The Balaban J connectivity index is 1.93. The number of hydrogen-bond acceptors (Lipinski definition) is 7. The lowest BCUT2D eigenvalue weighted by Gasteiger charge is -2.39. The molecule has 2 aliphatic rings. The maximum atomic E-state index is 10.7. The van der Waals surface area contributed by atoms with Crippen LogP contribution in [0.2, 0.25) is 0 Å². The Morgan fingerprint density at radius 1 is 1.03 bits per heavy atom. The summed E-state index contributed by atoms with van der Waals surface area (Å²) in [5.41, 5.74) is 1.03. The van der Waals surface area contributed by atoms with Crippen molar-refractivity contribution >= 4 is 0 Å². The largest absolute Gasteiger partial charge is 0.390 e. The van der Waals surface area contributed by atoms with Crippen LogP contribution in [0, 0.1) is 11.8 Å². The predicted octanol–water partition coefficient (Wildman–Crippen LogP) is 3.11. The molecule has 10 atom stereocenters. The summed E-state index contributed by atoms with van der Waals surface area (Å²) in [6, 6.07) is 0. The molecule has 0 aromatic rings. The number of allylic oxidation sites excluding steroid dienone is 2. The van der Waals surface area contributed by atoms with Crippen molar-refractivity contribution in [1.29, 1.82) is 0 Å². The molecule has 2 fully saturated rings. The summed E-state index contributed by atoms with van der Waals surface area (Å²) in [5, 5.41) is 10.7. The molecule has 2 heterocycles. The number of hydrogen-bond donors (Lipinski definition) is 1. The average Bonchev–Trinajstić information content (AvgIpc) is 3.58. The molecule has 7 nitrogen and oxygen atoms in total. The SMILES string of the molecule is CC[C@H](OC)[C@@H](C)[C@@H]1O[C@H]1[C@H](O)[C@@H](C)/C=C/C=C(\C)[C@@H]1O[C@@H](OC)[C@H](OC)C[C@@H]1OC.